The van der Waals surface area contributed by atoms with Gasteiger partial charge in [-0.2, -0.15) is 0 Å². The molecule has 1 aromatic rings. The fraction of sp³-hybridized carbons (Fsp3) is 0.400. The van der Waals surface area contributed by atoms with Gasteiger partial charge in [0.15, 0.2) is 11.5 Å². The van der Waals surface area contributed by atoms with Crippen molar-refractivity contribution in [3.8, 4) is 11.5 Å². The number of hydrogen-bond acceptors (Lipinski definition) is 4. The molecule has 0 amide bonds. The second-order valence-electron chi connectivity index (χ2n) is 3.05. The van der Waals surface area contributed by atoms with Crippen LogP contribution in [-0.4, -0.2) is 26.7 Å². The van der Waals surface area contributed by atoms with Crippen molar-refractivity contribution in [2.75, 3.05) is 26.1 Å². The van der Waals surface area contributed by atoms with Gasteiger partial charge in [0.25, 0.3) is 0 Å². The van der Waals surface area contributed by atoms with Crippen molar-refractivity contribution in [2.24, 2.45) is 0 Å². The molecule has 96 valence electrons. The molecular formula is C10H12F3NO3. The van der Waals surface area contributed by atoms with Crippen LogP contribution in [0.1, 0.15) is 0 Å². The molecular weight excluding hydrogens is 239 g/mol. The molecule has 0 unspecified atom stereocenters. The van der Waals surface area contributed by atoms with E-state index in [2.05, 4.69) is 4.74 Å². The van der Waals surface area contributed by atoms with Crippen LogP contribution in [-0.2, 0) is 4.74 Å². The average Bonchev–Trinajstić information content (AvgIpc) is 2.24. The molecule has 0 aromatic heterocycles. The predicted molar refractivity (Wildman–Crippen MR) is 54.9 cm³/mol. The molecule has 0 heterocycles. The summed E-state index contributed by atoms with van der Waals surface area (Å²) >= 11 is 0. The standard InChI is InChI=1S/C10H12F3NO3/c1-15-9-6-7(14)2-3-8(9)16-4-5-17-10(11,12)13/h2-3,6H,4-5,14H2,1H3. The first kappa shape index (κ1) is 13.4. The van der Waals surface area contributed by atoms with Gasteiger partial charge in [-0.05, 0) is 12.1 Å². The van der Waals surface area contributed by atoms with Gasteiger partial charge in [0.1, 0.15) is 6.61 Å². The molecule has 4 nitrogen and oxygen atoms in total. The molecule has 0 saturated heterocycles. The summed E-state index contributed by atoms with van der Waals surface area (Å²) in [5, 5.41) is 0. The molecule has 2 N–H and O–H groups in total. The van der Waals surface area contributed by atoms with Gasteiger partial charge < -0.3 is 15.2 Å². The number of nitrogens with two attached hydrogens (primary N) is 1. The Kier molecular flexibility index (Phi) is 4.45. The maximum Gasteiger partial charge on any atom is 0.522 e. The molecule has 1 rings (SSSR count). The van der Waals surface area contributed by atoms with Crippen molar-refractivity contribution < 1.29 is 27.4 Å². The van der Waals surface area contributed by atoms with E-state index in [9.17, 15) is 13.2 Å². The maximum atomic E-state index is 11.7. The van der Waals surface area contributed by atoms with Gasteiger partial charge in [0.05, 0.1) is 13.7 Å². The summed E-state index contributed by atoms with van der Waals surface area (Å²) in [5.74, 6) is 0.671. The van der Waals surface area contributed by atoms with Gasteiger partial charge in [-0.15, -0.1) is 13.2 Å². The summed E-state index contributed by atoms with van der Waals surface area (Å²) in [5.41, 5.74) is 5.98. The minimum Gasteiger partial charge on any atom is -0.493 e. The Morgan fingerprint density at radius 3 is 2.47 bits per heavy atom. The Hall–Kier alpha value is -1.63. The van der Waals surface area contributed by atoms with Crippen molar-refractivity contribution in [3.63, 3.8) is 0 Å². The molecule has 0 aliphatic rings. The lowest BCUT2D eigenvalue weighted by Crippen LogP contribution is -2.18. The smallest absolute Gasteiger partial charge is 0.493 e. The predicted octanol–water partition coefficient (Wildman–Crippen LogP) is 2.19. The monoisotopic (exact) mass is 251 g/mol. The molecule has 0 aliphatic carbocycles. The van der Waals surface area contributed by atoms with Crippen molar-refractivity contribution in [1.82, 2.24) is 0 Å². The number of rotatable bonds is 5. The van der Waals surface area contributed by atoms with Crippen molar-refractivity contribution in [2.45, 2.75) is 6.36 Å². The summed E-state index contributed by atoms with van der Waals surface area (Å²) in [4.78, 5) is 0. The van der Waals surface area contributed by atoms with Crippen LogP contribution in [0.3, 0.4) is 0 Å². The zero-order valence-electron chi connectivity index (χ0n) is 9.08. The molecule has 0 saturated carbocycles. The number of benzene rings is 1. The number of hydrogen-bond donors (Lipinski definition) is 1. The number of anilines is 1. The quantitative estimate of drug-likeness (QED) is 0.643. The minimum absolute atomic E-state index is 0.236. The van der Waals surface area contributed by atoms with Gasteiger partial charge in [0.2, 0.25) is 0 Å². The van der Waals surface area contributed by atoms with E-state index in [1.54, 1.807) is 6.07 Å². The molecule has 0 radical (unpaired) electrons. The summed E-state index contributed by atoms with van der Waals surface area (Å²) in [6, 6.07) is 4.59. The maximum absolute atomic E-state index is 11.7. The second-order valence-corrected chi connectivity index (χ2v) is 3.05. The second kappa shape index (κ2) is 5.62. The van der Waals surface area contributed by atoms with E-state index in [4.69, 9.17) is 15.2 Å². The zero-order chi connectivity index (χ0) is 12.9. The van der Waals surface area contributed by atoms with Crippen molar-refractivity contribution >= 4 is 5.69 Å². The van der Waals surface area contributed by atoms with Crippen LogP contribution in [0.2, 0.25) is 0 Å². The SMILES string of the molecule is COc1cc(N)ccc1OCCOC(F)(F)F. The molecule has 1 aromatic carbocycles. The highest BCUT2D eigenvalue weighted by Crippen LogP contribution is 2.28. The molecule has 0 fully saturated rings. The third kappa shape index (κ3) is 4.81. The third-order valence-corrected chi connectivity index (χ3v) is 1.79. The lowest BCUT2D eigenvalue weighted by Gasteiger charge is -2.12. The fourth-order valence-corrected chi connectivity index (χ4v) is 1.11. The zero-order valence-corrected chi connectivity index (χ0v) is 9.08. The van der Waals surface area contributed by atoms with E-state index in [1.165, 1.54) is 19.2 Å². The largest absolute Gasteiger partial charge is 0.522 e. The first-order valence-electron chi connectivity index (χ1n) is 4.69. The molecule has 0 spiro atoms. The Balaban J connectivity index is 2.46. The highest BCUT2D eigenvalue weighted by Gasteiger charge is 2.28. The van der Waals surface area contributed by atoms with Crippen LogP contribution in [0.15, 0.2) is 18.2 Å². The van der Waals surface area contributed by atoms with Crippen LogP contribution < -0.4 is 15.2 Å². The van der Waals surface area contributed by atoms with Crippen LogP contribution >= 0.6 is 0 Å². The molecule has 0 atom stereocenters. The first-order chi connectivity index (χ1) is 7.92. The van der Waals surface area contributed by atoms with E-state index < -0.39 is 13.0 Å². The fourth-order valence-electron chi connectivity index (χ4n) is 1.11. The van der Waals surface area contributed by atoms with Crippen LogP contribution in [0, 0.1) is 0 Å². The summed E-state index contributed by atoms with van der Waals surface area (Å²) in [6.45, 7) is -0.823. The van der Waals surface area contributed by atoms with E-state index >= 15 is 0 Å². The highest BCUT2D eigenvalue weighted by atomic mass is 19.4. The first-order valence-corrected chi connectivity index (χ1v) is 4.69. The molecule has 17 heavy (non-hydrogen) atoms. The minimum atomic E-state index is -4.64. The average molecular weight is 251 g/mol. The number of alkyl halides is 3. The van der Waals surface area contributed by atoms with E-state index in [-0.39, 0.29) is 6.61 Å². The lowest BCUT2D eigenvalue weighted by molar-refractivity contribution is -0.325. The summed E-state index contributed by atoms with van der Waals surface area (Å²) < 4.78 is 48.6. The number of ether oxygens (including phenoxy) is 3. The van der Waals surface area contributed by atoms with Gasteiger partial charge in [-0.1, -0.05) is 0 Å². The number of methoxy groups -OCH3 is 1. The Morgan fingerprint density at radius 2 is 1.88 bits per heavy atom. The summed E-state index contributed by atoms with van der Waals surface area (Å²) in [6.07, 6.45) is -4.64. The number of halogens is 3. The highest BCUT2D eigenvalue weighted by molar-refractivity contribution is 5.51. The summed E-state index contributed by atoms with van der Waals surface area (Å²) in [7, 11) is 1.41. The Labute approximate surface area is 96.1 Å². The van der Waals surface area contributed by atoms with Gasteiger partial charge in [0, 0.05) is 11.8 Å². The molecule has 0 bridgehead atoms. The number of nitrogen functional groups attached to an aromatic ring is 1. The van der Waals surface area contributed by atoms with E-state index in [0.29, 0.717) is 17.2 Å². The topological polar surface area (TPSA) is 53.7 Å². The Bertz CT molecular complexity index is 368. The van der Waals surface area contributed by atoms with Crippen molar-refractivity contribution in [3.05, 3.63) is 18.2 Å². The van der Waals surface area contributed by atoms with Crippen LogP contribution in [0.5, 0.6) is 11.5 Å². The van der Waals surface area contributed by atoms with E-state index in [1.807, 2.05) is 0 Å². The van der Waals surface area contributed by atoms with Gasteiger partial charge in [-0.3, -0.25) is 4.74 Å². The lowest BCUT2D eigenvalue weighted by atomic mass is 10.3. The third-order valence-electron chi connectivity index (χ3n) is 1.79. The van der Waals surface area contributed by atoms with Gasteiger partial charge in [-0.25, -0.2) is 0 Å². The molecule has 7 heteroatoms. The molecule has 0 aliphatic heterocycles. The van der Waals surface area contributed by atoms with E-state index in [0.717, 1.165) is 0 Å². The van der Waals surface area contributed by atoms with Crippen LogP contribution in [0.4, 0.5) is 18.9 Å². The van der Waals surface area contributed by atoms with Gasteiger partial charge >= 0.3 is 6.36 Å². The van der Waals surface area contributed by atoms with Crippen molar-refractivity contribution in [1.29, 1.82) is 0 Å². The Morgan fingerprint density at radius 1 is 1.18 bits per heavy atom. The normalized spacial score (nSPS) is 11.3. The van der Waals surface area contributed by atoms with Crippen LogP contribution in [0.25, 0.3) is 0 Å².